The van der Waals surface area contributed by atoms with Crippen molar-refractivity contribution in [3.8, 4) is 0 Å². The van der Waals surface area contributed by atoms with Gasteiger partial charge in [-0.3, -0.25) is 9.69 Å². The summed E-state index contributed by atoms with van der Waals surface area (Å²) in [5.74, 6) is 0.0337. The minimum Gasteiger partial charge on any atom is -0.383 e. The van der Waals surface area contributed by atoms with Crippen molar-refractivity contribution < 1.29 is 14.3 Å². The molecule has 0 aliphatic carbocycles. The van der Waals surface area contributed by atoms with Gasteiger partial charge >= 0.3 is 0 Å². The van der Waals surface area contributed by atoms with Gasteiger partial charge in [-0.25, -0.2) is 0 Å². The smallest absolute Gasteiger partial charge is 0.237 e. The van der Waals surface area contributed by atoms with Crippen LogP contribution in [0.15, 0.2) is 0 Å². The summed E-state index contributed by atoms with van der Waals surface area (Å²) in [6.07, 6.45) is 2.10. The van der Waals surface area contributed by atoms with Crippen molar-refractivity contribution in [2.75, 3.05) is 40.5 Å². The van der Waals surface area contributed by atoms with Crippen molar-refractivity contribution in [2.45, 2.75) is 38.0 Å². The van der Waals surface area contributed by atoms with Gasteiger partial charge in [-0.15, -0.1) is 0 Å². The molecule has 1 rings (SSSR count). The molecule has 1 saturated heterocycles. The van der Waals surface area contributed by atoms with E-state index in [9.17, 15) is 4.79 Å². The minimum absolute atomic E-state index is 0.0337. The number of hydrogen-bond acceptors (Lipinski definition) is 5. The van der Waals surface area contributed by atoms with Gasteiger partial charge in [0.15, 0.2) is 0 Å². The summed E-state index contributed by atoms with van der Waals surface area (Å²) in [6, 6.07) is 0.0464. The molecule has 0 spiro atoms. The molecule has 1 aliphatic heterocycles. The lowest BCUT2D eigenvalue weighted by atomic mass is 9.97. The fraction of sp³-hybridized carbons (Fsp3) is 0.923. The second kappa shape index (κ2) is 8.47. The Labute approximate surface area is 115 Å². The van der Waals surface area contributed by atoms with E-state index in [1.165, 1.54) is 0 Å². The number of rotatable bonds is 7. The molecule has 1 fully saturated rings. The van der Waals surface area contributed by atoms with Crippen LogP contribution in [-0.2, 0) is 14.3 Å². The highest BCUT2D eigenvalue weighted by Crippen LogP contribution is 2.21. The van der Waals surface area contributed by atoms with Crippen LogP contribution in [0.3, 0.4) is 0 Å². The summed E-state index contributed by atoms with van der Waals surface area (Å²) in [6.45, 7) is 4.40. The number of nitrogens with two attached hydrogens (primary N) is 1. The third-order valence-electron chi connectivity index (χ3n) is 3.80. The van der Waals surface area contributed by atoms with E-state index in [1.54, 1.807) is 14.2 Å². The van der Waals surface area contributed by atoms with E-state index in [1.807, 2.05) is 6.92 Å². The number of carbonyl (C=O) groups is 1. The number of nitrogens with one attached hydrogen (secondary N) is 1. The van der Waals surface area contributed by atoms with Gasteiger partial charge in [0, 0.05) is 39.9 Å². The van der Waals surface area contributed by atoms with E-state index in [2.05, 4.69) is 10.2 Å². The largest absolute Gasteiger partial charge is 0.383 e. The first-order chi connectivity index (χ1) is 9.13. The molecule has 3 unspecified atom stereocenters. The van der Waals surface area contributed by atoms with Crippen LogP contribution in [0.2, 0.25) is 0 Å². The first-order valence-electron chi connectivity index (χ1n) is 6.89. The first-order valence-corrected chi connectivity index (χ1v) is 6.89. The van der Waals surface area contributed by atoms with Gasteiger partial charge in [-0.2, -0.15) is 0 Å². The quantitative estimate of drug-likeness (QED) is 0.616. The highest BCUT2D eigenvalue weighted by atomic mass is 16.5. The molecule has 1 heterocycles. The number of amides is 1. The average Bonchev–Trinajstić information content (AvgIpc) is 2.45. The zero-order valence-corrected chi connectivity index (χ0v) is 12.2. The van der Waals surface area contributed by atoms with Crippen molar-refractivity contribution in [2.24, 2.45) is 5.73 Å². The Balaban J connectivity index is 2.49. The van der Waals surface area contributed by atoms with Gasteiger partial charge in [0.05, 0.1) is 18.8 Å². The van der Waals surface area contributed by atoms with Crippen LogP contribution >= 0.6 is 0 Å². The van der Waals surface area contributed by atoms with Crippen LogP contribution in [0.25, 0.3) is 0 Å². The number of hydrogen-bond donors (Lipinski definition) is 2. The molecular weight excluding hydrogens is 246 g/mol. The zero-order valence-electron chi connectivity index (χ0n) is 12.2. The minimum atomic E-state index is -0.164. The Morgan fingerprint density at radius 3 is 2.84 bits per heavy atom. The van der Waals surface area contributed by atoms with E-state index in [0.717, 1.165) is 19.4 Å². The lowest BCUT2D eigenvalue weighted by Gasteiger charge is -2.41. The molecule has 1 aliphatic rings. The highest BCUT2D eigenvalue weighted by Gasteiger charge is 2.33. The number of nitrogens with zero attached hydrogens (tertiary/aromatic N) is 1. The van der Waals surface area contributed by atoms with Crippen LogP contribution < -0.4 is 11.1 Å². The molecule has 0 aromatic rings. The Morgan fingerprint density at radius 1 is 1.53 bits per heavy atom. The van der Waals surface area contributed by atoms with Gasteiger partial charge in [0.2, 0.25) is 5.91 Å². The Hall–Kier alpha value is -0.690. The van der Waals surface area contributed by atoms with Crippen LogP contribution in [0.4, 0.5) is 0 Å². The molecule has 0 saturated carbocycles. The number of piperidine rings is 1. The van der Waals surface area contributed by atoms with E-state index in [4.69, 9.17) is 15.2 Å². The summed E-state index contributed by atoms with van der Waals surface area (Å²) >= 11 is 0. The summed E-state index contributed by atoms with van der Waals surface area (Å²) in [5, 5.41) is 2.87. The number of ether oxygens (including phenoxy) is 2. The molecule has 3 N–H and O–H groups in total. The third-order valence-corrected chi connectivity index (χ3v) is 3.80. The molecule has 0 bridgehead atoms. The standard InChI is InChI=1S/C13H27N3O3/c1-10(13(17)15-5-7-18-2)16-6-4-12(19-3)8-11(16)9-14/h10-12H,4-9,14H2,1-3H3,(H,15,17). The molecule has 0 aromatic carbocycles. The predicted octanol–water partition coefficient (Wildman–Crippen LogP) is -0.424. The second-order valence-corrected chi connectivity index (χ2v) is 4.97. The number of methoxy groups -OCH3 is 2. The van der Waals surface area contributed by atoms with Crippen LogP contribution in [0, 0.1) is 0 Å². The predicted molar refractivity (Wildman–Crippen MR) is 73.9 cm³/mol. The highest BCUT2D eigenvalue weighted by molar-refractivity contribution is 5.81. The molecule has 19 heavy (non-hydrogen) atoms. The summed E-state index contributed by atoms with van der Waals surface area (Å²) in [7, 11) is 3.35. The normalized spacial score (nSPS) is 26.1. The maximum Gasteiger partial charge on any atom is 0.237 e. The van der Waals surface area contributed by atoms with Crippen molar-refractivity contribution in [1.29, 1.82) is 0 Å². The number of carbonyl (C=O) groups excluding carboxylic acids is 1. The van der Waals surface area contributed by atoms with Gasteiger partial charge in [0.1, 0.15) is 0 Å². The molecule has 1 amide bonds. The summed E-state index contributed by atoms with van der Waals surface area (Å²) < 4.78 is 10.3. The van der Waals surface area contributed by atoms with Crippen molar-refractivity contribution in [3.05, 3.63) is 0 Å². The van der Waals surface area contributed by atoms with Crippen LogP contribution in [0.5, 0.6) is 0 Å². The van der Waals surface area contributed by atoms with Crippen molar-refractivity contribution in [3.63, 3.8) is 0 Å². The van der Waals surface area contributed by atoms with Gasteiger partial charge < -0.3 is 20.5 Å². The molecule has 0 radical (unpaired) electrons. The molecule has 0 aromatic heterocycles. The summed E-state index contributed by atoms with van der Waals surface area (Å²) in [4.78, 5) is 14.2. The zero-order chi connectivity index (χ0) is 14.3. The van der Waals surface area contributed by atoms with Gasteiger partial charge in [-0.05, 0) is 19.8 Å². The van der Waals surface area contributed by atoms with Crippen LogP contribution in [-0.4, -0.2) is 69.5 Å². The van der Waals surface area contributed by atoms with E-state index >= 15 is 0 Å². The fourth-order valence-electron chi connectivity index (χ4n) is 2.56. The lowest BCUT2D eigenvalue weighted by molar-refractivity contribution is -0.128. The van der Waals surface area contributed by atoms with Crippen molar-refractivity contribution in [1.82, 2.24) is 10.2 Å². The summed E-state index contributed by atoms with van der Waals surface area (Å²) in [5.41, 5.74) is 5.82. The second-order valence-electron chi connectivity index (χ2n) is 4.97. The van der Waals surface area contributed by atoms with E-state index in [0.29, 0.717) is 19.7 Å². The molecular formula is C13H27N3O3. The molecule has 3 atom stereocenters. The van der Waals surface area contributed by atoms with Crippen molar-refractivity contribution >= 4 is 5.91 Å². The molecule has 112 valence electrons. The Kier molecular flexibility index (Phi) is 7.30. The van der Waals surface area contributed by atoms with E-state index < -0.39 is 0 Å². The topological polar surface area (TPSA) is 76.8 Å². The number of likely N-dealkylation sites (tertiary alicyclic amines) is 1. The molecule has 6 nitrogen and oxygen atoms in total. The SMILES string of the molecule is COCCNC(=O)C(C)N1CCC(OC)CC1CN. The third kappa shape index (κ3) is 4.72. The maximum absolute atomic E-state index is 12.0. The average molecular weight is 273 g/mol. The maximum atomic E-state index is 12.0. The first kappa shape index (κ1) is 16.4. The Morgan fingerprint density at radius 2 is 2.26 bits per heavy atom. The fourth-order valence-corrected chi connectivity index (χ4v) is 2.56. The van der Waals surface area contributed by atoms with Gasteiger partial charge in [-0.1, -0.05) is 0 Å². The monoisotopic (exact) mass is 273 g/mol. The Bertz CT molecular complexity index is 276. The lowest BCUT2D eigenvalue weighted by Crippen LogP contribution is -2.56. The molecule has 6 heteroatoms. The van der Waals surface area contributed by atoms with Gasteiger partial charge in [0.25, 0.3) is 0 Å². The van der Waals surface area contributed by atoms with E-state index in [-0.39, 0.29) is 24.1 Å². The van der Waals surface area contributed by atoms with Crippen LogP contribution in [0.1, 0.15) is 19.8 Å².